The quantitative estimate of drug-likeness (QED) is 0.644. The van der Waals surface area contributed by atoms with Crippen LogP contribution in [0.2, 0.25) is 0 Å². The van der Waals surface area contributed by atoms with Crippen molar-refractivity contribution in [1.29, 1.82) is 0 Å². The summed E-state index contributed by atoms with van der Waals surface area (Å²) < 4.78 is 31.2. The van der Waals surface area contributed by atoms with Crippen LogP contribution < -0.4 is 5.32 Å². The molecule has 0 spiro atoms. The predicted octanol–water partition coefficient (Wildman–Crippen LogP) is 2.35. The van der Waals surface area contributed by atoms with Gasteiger partial charge in [0.05, 0.1) is 7.11 Å². The molecule has 0 radical (unpaired) electrons. The van der Waals surface area contributed by atoms with Crippen LogP contribution in [0.4, 0.5) is 8.78 Å². The van der Waals surface area contributed by atoms with Crippen LogP contribution in [-0.2, 0) is 9.53 Å². The number of esters is 1. The van der Waals surface area contributed by atoms with E-state index in [1.165, 1.54) is 7.11 Å². The minimum atomic E-state index is -0.495. The maximum absolute atomic E-state index is 13.5. The molecule has 1 N–H and O–H groups in total. The van der Waals surface area contributed by atoms with Crippen LogP contribution in [0.5, 0.6) is 0 Å². The molecule has 0 aliphatic heterocycles. The molecular formula is C13H15F2NO2S. The van der Waals surface area contributed by atoms with E-state index < -0.39 is 17.7 Å². The molecule has 1 aliphatic rings. The second-order valence-corrected chi connectivity index (χ2v) is 5.46. The van der Waals surface area contributed by atoms with Crippen molar-refractivity contribution in [1.82, 2.24) is 5.32 Å². The summed E-state index contributed by atoms with van der Waals surface area (Å²) in [5.41, 5.74) is 0. The average Bonchev–Trinajstić information content (AvgIpc) is 3.21. The predicted molar refractivity (Wildman–Crippen MR) is 69.0 cm³/mol. The number of thioether (sulfide) groups is 1. The van der Waals surface area contributed by atoms with Crippen LogP contribution >= 0.6 is 11.8 Å². The first-order chi connectivity index (χ1) is 9.10. The largest absolute Gasteiger partial charge is 0.468 e. The molecule has 0 amide bonds. The molecule has 1 atom stereocenters. The summed E-state index contributed by atoms with van der Waals surface area (Å²) in [7, 11) is 1.32. The monoisotopic (exact) mass is 287 g/mol. The fraction of sp³-hybridized carbons (Fsp3) is 0.462. The summed E-state index contributed by atoms with van der Waals surface area (Å²) in [5, 5.41) is 3.13. The smallest absolute Gasteiger partial charge is 0.323 e. The van der Waals surface area contributed by atoms with Crippen molar-refractivity contribution in [2.24, 2.45) is 0 Å². The van der Waals surface area contributed by atoms with Crippen LogP contribution in [-0.4, -0.2) is 30.9 Å². The number of nitrogens with one attached hydrogen (secondary N) is 1. The molecule has 1 saturated carbocycles. The molecule has 19 heavy (non-hydrogen) atoms. The SMILES string of the molecule is COC(=O)C(CSc1cc(F)ccc1F)NC1CC1. The maximum Gasteiger partial charge on any atom is 0.323 e. The Hall–Kier alpha value is -1.14. The normalized spacial score (nSPS) is 16.2. The van der Waals surface area contributed by atoms with E-state index in [2.05, 4.69) is 5.32 Å². The van der Waals surface area contributed by atoms with Gasteiger partial charge in [0.2, 0.25) is 0 Å². The van der Waals surface area contributed by atoms with Gasteiger partial charge in [-0.05, 0) is 31.0 Å². The number of benzene rings is 1. The standard InChI is InChI=1S/C13H15F2NO2S/c1-18-13(17)11(16-9-3-4-9)7-19-12-6-8(14)2-5-10(12)15/h2,5-6,9,11,16H,3-4,7H2,1H3. The van der Waals surface area contributed by atoms with Gasteiger partial charge in [0.1, 0.15) is 17.7 Å². The van der Waals surface area contributed by atoms with E-state index in [9.17, 15) is 13.6 Å². The number of halogens is 2. The Kier molecular flexibility index (Phi) is 4.76. The highest BCUT2D eigenvalue weighted by atomic mass is 32.2. The second kappa shape index (κ2) is 6.34. The summed E-state index contributed by atoms with van der Waals surface area (Å²) in [6.07, 6.45) is 2.07. The summed E-state index contributed by atoms with van der Waals surface area (Å²) in [6.45, 7) is 0. The molecule has 0 heterocycles. The number of methoxy groups -OCH3 is 1. The van der Waals surface area contributed by atoms with Gasteiger partial charge in [-0.15, -0.1) is 11.8 Å². The van der Waals surface area contributed by atoms with Crippen molar-refractivity contribution in [3.63, 3.8) is 0 Å². The summed E-state index contributed by atoms with van der Waals surface area (Å²) >= 11 is 1.10. The molecule has 104 valence electrons. The Morgan fingerprint density at radius 3 is 2.89 bits per heavy atom. The summed E-state index contributed by atoms with van der Waals surface area (Å²) in [6, 6.07) is 3.12. The first-order valence-corrected chi connectivity index (χ1v) is 7.00. The summed E-state index contributed by atoms with van der Waals surface area (Å²) in [5.74, 6) is -1.05. The van der Waals surface area contributed by atoms with Crippen LogP contribution in [0.15, 0.2) is 23.1 Å². The molecule has 0 bridgehead atoms. The molecule has 2 rings (SSSR count). The van der Waals surface area contributed by atoms with Crippen molar-refractivity contribution >= 4 is 17.7 Å². The summed E-state index contributed by atoms with van der Waals surface area (Å²) in [4.78, 5) is 11.8. The fourth-order valence-corrected chi connectivity index (χ4v) is 2.60. The Morgan fingerprint density at radius 2 is 2.26 bits per heavy atom. The van der Waals surface area contributed by atoms with Gasteiger partial charge in [-0.25, -0.2) is 8.78 Å². The Morgan fingerprint density at radius 1 is 1.53 bits per heavy atom. The topological polar surface area (TPSA) is 38.3 Å². The van der Waals surface area contributed by atoms with Gasteiger partial charge in [-0.2, -0.15) is 0 Å². The molecule has 3 nitrogen and oxygen atoms in total. The van der Waals surface area contributed by atoms with E-state index in [1.54, 1.807) is 0 Å². The molecule has 6 heteroatoms. The highest BCUT2D eigenvalue weighted by molar-refractivity contribution is 7.99. The number of hydrogen-bond donors (Lipinski definition) is 1. The minimum absolute atomic E-state index is 0.200. The third-order valence-corrected chi connectivity index (χ3v) is 3.92. The van der Waals surface area contributed by atoms with Crippen molar-refractivity contribution < 1.29 is 18.3 Å². The molecular weight excluding hydrogens is 272 g/mol. The van der Waals surface area contributed by atoms with Crippen molar-refractivity contribution in [2.45, 2.75) is 29.8 Å². The number of rotatable bonds is 6. The number of carbonyl (C=O) groups excluding carboxylic acids is 1. The van der Waals surface area contributed by atoms with Crippen LogP contribution in [0.3, 0.4) is 0 Å². The first kappa shape index (κ1) is 14.3. The lowest BCUT2D eigenvalue weighted by molar-refractivity contribution is -0.142. The van der Waals surface area contributed by atoms with E-state index in [0.29, 0.717) is 11.8 Å². The first-order valence-electron chi connectivity index (χ1n) is 6.02. The maximum atomic E-state index is 13.5. The molecule has 1 unspecified atom stereocenters. The Labute approximate surface area is 114 Å². The van der Waals surface area contributed by atoms with Crippen LogP contribution in [0.25, 0.3) is 0 Å². The van der Waals surface area contributed by atoms with E-state index in [1.807, 2.05) is 0 Å². The van der Waals surface area contributed by atoms with E-state index >= 15 is 0 Å². The van der Waals surface area contributed by atoms with Crippen molar-refractivity contribution in [2.75, 3.05) is 12.9 Å². The second-order valence-electron chi connectivity index (χ2n) is 4.40. The number of hydrogen-bond acceptors (Lipinski definition) is 4. The molecule has 1 fully saturated rings. The number of carbonyl (C=O) groups is 1. The Bertz CT molecular complexity index is 466. The zero-order chi connectivity index (χ0) is 13.8. The minimum Gasteiger partial charge on any atom is -0.468 e. The fourth-order valence-electron chi connectivity index (χ4n) is 1.62. The lowest BCUT2D eigenvalue weighted by atomic mass is 10.3. The zero-order valence-electron chi connectivity index (χ0n) is 10.5. The lowest BCUT2D eigenvalue weighted by Gasteiger charge is -2.15. The van der Waals surface area contributed by atoms with Gasteiger partial charge in [-0.1, -0.05) is 0 Å². The molecule has 0 aromatic heterocycles. The van der Waals surface area contributed by atoms with Gasteiger partial charge in [-0.3, -0.25) is 4.79 Å². The van der Waals surface area contributed by atoms with E-state index in [4.69, 9.17) is 4.74 Å². The molecule has 1 aliphatic carbocycles. The highest BCUT2D eigenvalue weighted by Crippen LogP contribution is 2.25. The van der Waals surface area contributed by atoms with Crippen molar-refractivity contribution in [3.05, 3.63) is 29.8 Å². The number of ether oxygens (including phenoxy) is 1. The zero-order valence-corrected chi connectivity index (χ0v) is 11.3. The molecule has 1 aromatic rings. The van der Waals surface area contributed by atoms with E-state index in [0.717, 1.165) is 42.8 Å². The van der Waals surface area contributed by atoms with Gasteiger partial charge in [0.15, 0.2) is 0 Å². The Balaban J connectivity index is 1.96. The third kappa shape index (κ3) is 4.18. The highest BCUT2D eigenvalue weighted by Gasteiger charge is 2.29. The van der Waals surface area contributed by atoms with Crippen LogP contribution in [0, 0.1) is 11.6 Å². The average molecular weight is 287 g/mol. The van der Waals surface area contributed by atoms with Gasteiger partial charge < -0.3 is 10.1 Å². The third-order valence-electron chi connectivity index (χ3n) is 2.80. The van der Waals surface area contributed by atoms with Crippen molar-refractivity contribution in [3.8, 4) is 0 Å². The molecule has 0 saturated heterocycles. The van der Waals surface area contributed by atoms with E-state index in [-0.39, 0.29) is 10.9 Å². The van der Waals surface area contributed by atoms with Gasteiger partial charge in [0.25, 0.3) is 0 Å². The van der Waals surface area contributed by atoms with Crippen LogP contribution in [0.1, 0.15) is 12.8 Å². The van der Waals surface area contributed by atoms with Gasteiger partial charge in [0, 0.05) is 16.7 Å². The lowest BCUT2D eigenvalue weighted by Crippen LogP contribution is -2.41. The van der Waals surface area contributed by atoms with Gasteiger partial charge >= 0.3 is 5.97 Å². The molecule has 1 aromatic carbocycles.